The van der Waals surface area contributed by atoms with Gasteiger partial charge >= 0.3 is 0 Å². The van der Waals surface area contributed by atoms with Crippen molar-refractivity contribution < 1.29 is 9.53 Å². The number of carbonyl (C=O) groups excluding carboxylic acids is 1. The first kappa shape index (κ1) is 18.6. The van der Waals surface area contributed by atoms with Crippen LogP contribution in [0.4, 0.5) is 0 Å². The van der Waals surface area contributed by atoms with Gasteiger partial charge in [-0.3, -0.25) is 9.78 Å². The number of aryl methyl sites for hydroxylation is 1. The van der Waals surface area contributed by atoms with Gasteiger partial charge in [-0.25, -0.2) is 0 Å². The average Bonchev–Trinajstić information content (AvgIpc) is 2.57. The minimum atomic E-state index is -0.128. The third-order valence-electron chi connectivity index (χ3n) is 3.89. The van der Waals surface area contributed by atoms with E-state index in [9.17, 15) is 4.79 Å². The van der Waals surface area contributed by atoms with Crippen LogP contribution < -0.4 is 4.74 Å². The lowest BCUT2D eigenvalue weighted by Crippen LogP contribution is -2.27. The van der Waals surface area contributed by atoms with Gasteiger partial charge in [-0.05, 0) is 38.3 Å². The summed E-state index contributed by atoms with van der Waals surface area (Å²) in [6.07, 6.45) is 3.73. The lowest BCUT2D eigenvalue weighted by atomic mass is 10.1. The summed E-state index contributed by atoms with van der Waals surface area (Å²) in [5.74, 6) is 0.680. The van der Waals surface area contributed by atoms with Gasteiger partial charge in [-0.2, -0.15) is 0 Å². The van der Waals surface area contributed by atoms with Crippen LogP contribution in [0.3, 0.4) is 0 Å². The first-order valence-electron chi connectivity index (χ1n) is 7.47. The zero-order valence-corrected chi connectivity index (χ0v) is 16.1. The second-order valence-electron chi connectivity index (χ2n) is 5.55. The molecule has 4 nitrogen and oxygen atoms in total. The Balaban J connectivity index is 2.27. The molecule has 0 saturated carbocycles. The zero-order chi connectivity index (χ0) is 17.9. The highest BCUT2D eigenvalue weighted by Gasteiger charge is 2.18. The Labute approximate surface area is 152 Å². The van der Waals surface area contributed by atoms with Gasteiger partial charge in [0.2, 0.25) is 0 Å². The van der Waals surface area contributed by atoms with E-state index in [0.717, 1.165) is 27.5 Å². The van der Waals surface area contributed by atoms with Crippen LogP contribution in [0.2, 0.25) is 5.02 Å². The van der Waals surface area contributed by atoms with Crippen LogP contribution in [0.1, 0.15) is 27.2 Å². The lowest BCUT2D eigenvalue weighted by molar-refractivity contribution is 0.0783. The summed E-state index contributed by atoms with van der Waals surface area (Å²) in [5.41, 5.74) is 3.23. The largest absolute Gasteiger partial charge is 0.496 e. The van der Waals surface area contributed by atoms with Crippen LogP contribution in [-0.4, -0.2) is 36.2 Å². The number of amides is 1. The van der Waals surface area contributed by atoms with Crippen LogP contribution in [-0.2, 0) is 6.54 Å². The van der Waals surface area contributed by atoms with Gasteiger partial charge in [0.25, 0.3) is 5.91 Å². The highest BCUT2D eigenvalue weighted by atomic mass is 35.5. The fourth-order valence-corrected chi connectivity index (χ4v) is 3.17. The molecule has 1 amide bonds. The molecule has 1 aromatic carbocycles. The number of thioether (sulfide) groups is 1. The summed E-state index contributed by atoms with van der Waals surface area (Å²) in [6, 6.07) is 5.48. The Morgan fingerprint density at radius 2 is 2.08 bits per heavy atom. The molecule has 0 atom stereocenters. The molecule has 0 unspecified atom stereocenters. The lowest BCUT2D eigenvalue weighted by Gasteiger charge is -2.20. The van der Waals surface area contributed by atoms with E-state index in [2.05, 4.69) is 4.98 Å². The smallest absolute Gasteiger partial charge is 0.255 e. The van der Waals surface area contributed by atoms with E-state index in [4.69, 9.17) is 16.3 Å². The van der Waals surface area contributed by atoms with Crippen molar-refractivity contribution in [3.63, 3.8) is 0 Å². The maximum absolute atomic E-state index is 12.7. The maximum Gasteiger partial charge on any atom is 0.255 e. The molecule has 0 fully saturated rings. The second kappa shape index (κ2) is 7.90. The van der Waals surface area contributed by atoms with Gasteiger partial charge in [0, 0.05) is 29.3 Å². The van der Waals surface area contributed by atoms with Gasteiger partial charge in [0.05, 0.1) is 29.9 Å². The molecule has 1 heterocycles. The van der Waals surface area contributed by atoms with Crippen molar-refractivity contribution in [2.45, 2.75) is 25.3 Å². The van der Waals surface area contributed by atoms with E-state index in [1.165, 1.54) is 0 Å². The Morgan fingerprint density at radius 3 is 2.71 bits per heavy atom. The maximum atomic E-state index is 12.7. The molecule has 6 heteroatoms. The van der Waals surface area contributed by atoms with Gasteiger partial charge in [-0.15, -0.1) is 11.8 Å². The van der Waals surface area contributed by atoms with Crippen LogP contribution in [0.15, 0.2) is 29.3 Å². The molecule has 24 heavy (non-hydrogen) atoms. The molecule has 0 bridgehead atoms. The fraction of sp³-hybridized carbons (Fsp3) is 0.333. The van der Waals surface area contributed by atoms with Gasteiger partial charge in [-0.1, -0.05) is 11.6 Å². The quantitative estimate of drug-likeness (QED) is 0.739. The molecule has 0 aliphatic rings. The second-order valence-corrected chi connectivity index (χ2v) is 6.84. The number of methoxy groups -OCH3 is 1. The third kappa shape index (κ3) is 3.84. The Hall–Kier alpha value is -1.72. The summed E-state index contributed by atoms with van der Waals surface area (Å²) < 4.78 is 5.43. The van der Waals surface area contributed by atoms with Crippen molar-refractivity contribution >= 4 is 29.3 Å². The Kier molecular flexibility index (Phi) is 6.13. The molecule has 1 aromatic heterocycles. The van der Waals surface area contributed by atoms with Crippen LogP contribution in [0.25, 0.3) is 0 Å². The van der Waals surface area contributed by atoms with Crippen molar-refractivity contribution in [1.82, 2.24) is 9.88 Å². The van der Waals surface area contributed by atoms with Crippen molar-refractivity contribution in [3.05, 3.63) is 51.8 Å². The number of pyridine rings is 1. The van der Waals surface area contributed by atoms with Crippen molar-refractivity contribution in [1.29, 1.82) is 0 Å². The average molecular weight is 365 g/mol. The predicted molar refractivity (Wildman–Crippen MR) is 99.3 cm³/mol. The summed E-state index contributed by atoms with van der Waals surface area (Å²) >= 11 is 7.78. The number of halogens is 1. The summed E-state index contributed by atoms with van der Waals surface area (Å²) in [6.45, 7) is 4.29. The SMILES string of the molecule is COc1c(C)cnc(CN(C)C(=O)c2cc(SC)ccc2Cl)c1C. The number of carbonyl (C=O) groups is 1. The van der Waals surface area contributed by atoms with Crippen molar-refractivity contribution in [2.75, 3.05) is 20.4 Å². The number of aromatic nitrogens is 1. The molecule has 0 aliphatic heterocycles. The number of hydrogen-bond acceptors (Lipinski definition) is 4. The minimum Gasteiger partial charge on any atom is -0.496 e. The van der Waals surface area contributed by atoms with E-state index in [-0.39, 0.29) is 5.91 Å². The van der Waals surface area contributed by atoms with Crippen LogP contribution >= 0.6 is 23.4 Å². The number of rotatable bonds is 5. The summed E-state index contributed by atoms with van der Waals surface area (Å²) in [7, 11) is 3.39. The number of ether oxygens (including phenoxy) is 1. The first-order valence-corrected chi connectivity index (χ1v) is 9.07. The minimum absolute atomic E-state index is 0.128. The van der Waals surface area contributed by atoms with Crippen LogP contribution in [0.5, 0.6) is 5.75 Å². The van der Waals surface area contributed by atoms with E-state index in [0.29, 0.717) is 17.1 Å². The summed E-state index contributed by atoms with van der Waals surface area (Å²) in [4.78, 5) is 19.8. The van der Waals surface area contributed by atoms with Crippen molar-refractivity contribution in [2.24, 2.45) is 0 Å². The van der Waals surface area contributed by atoms with E-state index in [1.807, 2.05) is 32.2 Å². The standard InChI is InChI=1S/C18H21ClN2O2S/c1-11-9-20-16(12(2)17(11)23-4)10-21(3)18(22)14-8-13(24-5)6-7-15(14)19/h6-9H,10H2,1-5H3. The van der Waals surface area contributed by atoms with Crippen molar-refractivity contribution in [3.8, 4) is 5.75 Å². The summed E-state index contributed by atoms with van der Waals surface area (Å²) in [5, 5.41) is 0.454. The monoisotopic (exact) mass is 364 g/mol. The number of nitrogens with zero attached hydrogens (tertiary/aromatic N) is 2. The predicted octanol–water partition coefficient (Wildman–Crippen LogP) is 4.35. The number of benzene rings is 1. The topological polar surface area (TPSA) is 42.4 Å². The molecule has 0 spiro atoms. The Bertz CT molecular complexity index is 765. The van der Waals surface area contributed by atoms with Gasteiger partial charge in [0.1, 0.15) is 5.75 Å². The first-order chi connectivity index (χ1) is 11.4. The molecule has 0 saturated heterocycles. The fourth-order valence-electron chi connectivity index (χ4n) is 2.53. The van der Waals surface area contributed by atoms with E-state index >= 15 is 0 Å². The Morgan fingerprint density at radius 1 is 1.38 bits per heavy atom. The van der Waals surface area contributed by atoms with Crippen LogP contribution in [0, 0.1) is 13.8 Å². The third-order valence-corrected chi connectivity index (χ3v) is 4.94. The molecular formula is C18H21ClN2O2S. The molecule has 2 aromatic rings. The highest BCUT2D eigenvalue weighted by molar-refractivity contribution is 7.98. The molecule has 128 valence electrons. The highest BCUT2D eigenvalue weighted by Crippen LogP contribution is 2.27. The molecule has 2 rings (SSSR count). The molecular weight excluding hydrogens is 344 g/mol. The van der Waals surface area contributed by atoms with Gasteiger partial charge < -0.3 is 9.64 Å². The van der Waals surface area contributed by atoms with E-state index in [1.54, 1.807) is 43.1 Å². The molecule has 0 radical (unpaired) electrons. The number of hydrogen-bond donors (Lipinski definition) is 0. The van der Waals surface area contributed by atoms with E-state index < -0.39 is 0 Å². The van der Waals surface area contributed by atoms with Gasteiger partial charge in [0.15, 0.2) is 0 Å². The molecule has 0 aliphatic carbocycles. The normalized spacial score (nSPS) is 10.6. The molecule has 0 N–H and O–H groups in total. The zero-order valence-electron chi connectivity index (χ0n) is 14.5.